The van der Waals surface area contributed by atoms with E-state index < -0.39 is 10.0 Å². The third kappa shape index (κ3) is 6.80. The Hall–Kier alpha value is -1.91. The molecule has 1 aromatic carbocycles. The van der Waals surface area contributed by atoms with Gasteiger partial charge in [0.25, 0.3) is 0 Å². The van der Waals surface area contributed by atoms with E-state index in [1.165, 1.54) is 4.31 Å². The van der Waals surface area contributed by atoms with Crippen molar-refractivity contribution in [3.8, 4) is 6.07 Å². The van der Waals surface area contributed by atoms with Gasteiger partial charge in [-0.05, 0) is 18.6 Å². The first-order valence-corrected chi connectivity index (χ1v) is 9.47. The number of amides is 1. The number of anilines is 1. The van der Waals surface area contributed by atoms with Gasteiger partial charge in [-0.15, -0.1) is 0 Å². The maximum Gasteiger partial charge on any atom is 0.225 e. The molecule has 0 aliphatic heterocycles. The minimum absolute atomic E-state index is 0.0545. The van der Waals surface area contributed by atoms with E-state index in [1.807, 2.05) is 13.0 Å². The largest absolute Gasteiger partial charge is 0.325 e. The average Bonchev–Trinajstić information content (AvgIpc) is 2.50. The van der Waals surface area contributed by atoms with E-state index in [2.05, 4.69) is 5.32 Å². The maximum atomic E-state index is 12.0. The number of para-hydroxylation sites is 1. The van der Waals surface area contributed by atoms with Gasteiger partial charge in [0.2, 0.25) is 15.9 Å². The van der Waals surface area contributed by atoms with Crippen molar-refractivity contribution in [2.75, 3.05) is 24.7 Å². The van der Waals surface area contributed by atoms with Crippen LogP contribution in [0.5, 0.6) is 0 Å². The van der Waals surface area contributed by atoms with Gasteiger partial charge in [0.1, 0.15) is 6.07 Å². The smallest absolute Gasteiger partial charge is 0.225 e. The van der Waals surface area contributed by atoms with Crippen molar-refractivity contribution in [2.45, 2.75) is 32.6 Å². The number of sulfonamides is 1. The second-order valence-electron chi connectivity index (χ2n) is 5.32. The van der Waals surface area contributed by atoms with Gasteiger partial charge in [0, 0.05) is 19.5 Å². The molecule has 0 saturated carbocycles. The summed E-state index contributed by atoms with van der Waals surface area (Å²) in [7, 11) is -3.33. The lowest BCUT2D eigenvalue weighted by Crippen LogP contribution is -2.34. The zero-order chi connectivity index (χ0) is 17.3. The minimum Gasteiger partial charge on any atom is -0.325 e. The second kappa shape index (κ2) is 9.28. The first-order chi connectivity index (χ1) is 10.9. The number of carbonyl (C=O) groups is 1. The zero-order valence-electron chi connectivity index (χ0n) is 13.6. The first kappa shape index (κ1) is 19.1. The molecule has 23 heavy (non-hydrogen) atoms. The molecule has 7 heteroatoms. The van der Waals surface area contributed by atoms with E-state index in [9.17, 15) is 13.2 Å². The van der Waals surface area contributed by atoms with Crippen LogP contribution in [0.3, 0.4) is 0 Å². The van der Waals surface area contributed by atoms with Crippen molar-refractivity contribution in [3.63, 3.8) is 0 Å². The summed E-state index contributed by atoms with van der Waals surface area (Å²) in [6, 6.07) is 8.70. The number of benzene rings is 1. The van der Waals surface area contributed by atoms with Crippen molar-refractivity contribution in [2.24, 2.45) is 0 Å². The average molecular weight is 337 g/mol. The van der Waals surface area contributed by atoms with Gasteiger partial charge >= 0.3 is 0 Å². The van der Waals surface area contributed by atoms with Crippen molar-refractivity contribution < 1.29 is 13.2 Å². The quantitative estimate of drug-likeness (QED) is 0.700. The monoisotopic (exact) mass is 337 g/mol. The third-order valence-electron chi connectivity index (χ3n) is 3.39. The number of carbonyl (C=O) groups excluding carboxylic acids is 1. The summed E-state index contributed by atoms with van der Waals surface area (Å²) >= 11 is 0. The predicted molar refractivity (Wildman–Crippen MR) is 90.3 cm³/mol. The Morgan fingerprint density at radius 2 is 1.96 bits per heavy atom. The molecule has 0 atom stereocenters. The van der Waals surface area contributed by atoms with Gasteiger partial charge < -0.3 is 5.32 Å². The van der Waals surface area contributed by atoms with Crippen molar-refractivity contribution in [1.29, 1.82) is 5.26 Å². The molecule has 0 bridgehead atoms. The Balaban J connectivity index is 2.60. The van der Waals surface area contributed by atoms with E-state index in [0.29, 0.717) is 17.8 Å². The summed E-state index contributed by atoms with van der Waals surface area (Å²) < 4.78 is 24.8. The number of unbranched alkanes of at least 4 members (excludes halogenated alkanes) is 2. The van der Waals surface area contributed by atoms with Crippen LogP contribution in [0.4, 0.5) is 5.69 Å². The molecule has 0 unspecified atom stereocenters. The van der Waals surface area contributed by atoms with Crippen molar-refractivity contribution in [3.05, 3.63) is 29.8 Å². The highest BCUT2D eigenvalue weighted by molar-refractivity contribution is 7.88. The molecule has 1 N–H and O–H groups in total. The normalized spacial score (nSPS) is 11.2. The fraction of sp³-hybridized carbons (Fsp3) is 0.500. The van der Waals surface area contributed by atoms with E-state index in [4.69, 9.17) is 5.26 Å². The molecule has 1 aromatic rings. The van der Waals surface area contributed by atoms with Crippen LogP contribution in [-0.2, 0) is 14.8 Å². The standard InChI is InChI=1S/C16H23N3O3S/c1-3-4-7-11-19(23(2,21)22)12-10-16(20)18-15-9-6-5-8-14(15)13-17/h5-6,8-9H,3-4,7,10-12H2,1-2H3,(H,18,20). The molecular formula is C16H23N3O3S. The van der Waals surface area contributed by atoms with E-state index in [-0.39, 0.29) is 18.9 Å². The Labute approximate surface area is 138 Å². The highest BCUT2D eigenvalue weighted by atomic mass is 32.2. The molecule has 0 spiro atoms. The highest BCUT2D eigenvalue weighted by Crippen LogP contribution is 2.14. The Morgan fingerprint density at radius 1 is 1.26 bits per heavy atom. The zero-order valence-corrected chi connectivity index (χ0v) is 14.4. The van der Waals surface area contributed by atoms with Crippen LogP contribution in [0.2, 0.25) is 0 Å². The highest BCUT2D eigenvalue weighted by Gasteiger charge is 2.17. The minimum atomic E-state index is -3.33. The second-order valence-corrected chi connectivity index (χ2v) is 7.31. The number of nitrogens with one attached hydrogen (secondary N) is 1. The van der Waals surface area contributed by atoms with Crippen LogP contribution in [-0.4, -0.2) is 38.0 Å². The van der Waals surface area contributed by atoms with Gasteiger partial charge in [-0.3, -0.25) is 4.79 Å². The maximum absolute atomic E-state index is 12.0. The van der Waals surface area contributed by atoms with Gasteiger partial charge in [0.05, 0.1) is 17.5 Å². The number of rotatable bonds is 9. The summed E-state index contributed by atoms with van der Waals surface area (Å²) in [5, 5.41) is 11.6. The molecule has 1 rings (SSSR count). The SMILES string of the molecule is CCCCCN(CCC(=O)Nc1ccccc1C#N)S(C)(=O)=O. The van der Waals surface area contributed by atoms with E-state index >= 15 is 0 Å². The van der Waals surface area contributed by atoms with Crippen LogP contribution in [0.15, 0.2) is 24.3 Å². The molecule has 0 heterocycles. The lowest BCUT2D eigenvalue weighted by molar-refractivity contribution is -0.116. The number of nitriles is 1. The van der Waals surface area contributed by atoms with E-state index in [0.717, 1.165) is 25.5 Å². The van der Waals surface area contributed by atoms with Gasteiger partial charge in [-0.2, -0.15) is 5.26 Å². The molecule has 0 aliphatic rings. The summed E-state index contributed by atoms with van der Waals surface area (Å²) in [4.78, 5) is 12.0. The molecule has 0 aromatic heterocycles. The molecular weight excluding hydrogens is 314 g/mol. The fourth-order valence-corrected chi connectivity index (χ4v) is 2.99. The van der Waals surface area contributed by atoms with Crippen LogP contribution >= 0.6 is 0 Å². The Morgan fingerprint density at radius 3 is 2.57 bits per heavy atom. The summed E-state index contributed by atoms with van der Waals surface area (Å²) in [5.74, 6) is -0.308. The summed E-state index contributed by atoms with van der Waals surface area (Å²) in [5.41, 5.74) is 0.820. The molecule has 0 fully saturated rings. The summed E-state index contributed by atoms with van der Waals surface area (Å²) in [6.07, 6.45) is 3.94. The van der Waals surface area contributed by atoms with Crippen LogP contribution < -0.4 is 5.32 Å². The predicted octanol–water partition coefficient (Wildman–Crippen LogP) is 2.34. The van der Waals surface area contributed by atoms with Crippen LogP contribution in [0.1, 0.15) is 38.2 Å². The Kier molecular flexibility index (Phi) is 7.72. The molecule has 6 nitrogen and oxygen atoms in total. The number of hydrogen-bond donors (Lipinski definition) is 1. The van der Waals surface area contributed by atoms with Gasteiger partial charge in [-0.1, -0.05) is 31.9 Å². The molecule has 126 valence electrons. The van der Waals surface area contributed by atoms with E-state index in [1.54, 1.807) is 24.3 Å². The molecule has 0 saturated heterocycles. The molecule has 0 aliphatic carbocycles. The van der Waals surface area contributed by atoms with Crippen LogP contribution in [0.25, 0.3) is 0 Å². The van der Waals surface area contributed by atoms with Crippen LogP contribution in [0, 0.1) is 11.3 Å². The lowest BCUT2D eigenvalue weighted by Gasteiger charge is -2.19. The topological polar surface area (TPSA) is 90.3 Å². The number of hydrogen-bond acceptors (Lipinski definition) is 4. The first-order valence-electron chi connectivity index (χ1n) is 7.62. The Bertz CT molecular complexity index is 665. The lowest BCUT2D eigenvalue weighted by atomic mass is 10.2. The van der Waals surface area contributed by atoms with Crippen molar-refractivity contribution in [1.82, 2.24) is 4.31 Å². The molecule has 1 amide bonds. The third-order valence-corrected chi connectivity index (χ3v) is 4.69. The van der Waals surface area contributed by atoms with Gasteiger partial charge in [-0.25, -0.2) is 12.7 Å². The summed E-state index contributed by atoms with van der Waals surface area (Å²) in [6.45, 7) is 2.61. The molecule has 0 radical (unpaired) electrons. The van der Waals surface area contributed by atoms with Gasteiger partial charge in [0.15, 0.2) is 0 Å². The fourth-order valence-electron chi connectivity index (χ4n) is 2.11. The number of nitrogens with zero attached hydrogens (tertiary/aromatic N) is 2. The van der Waals surface area contributed by atoms with Crippen molar-refractivity contribution >= 4 is 21.6 Å².